The van der Waals surface area contributed by atoms with Crippen LogP contribution in [0, 0.1) is 5.82 Å². The number of halogens is 3. The Morgan fingerprint density at radius 3 is 2.68 bits per heavy atom. The Hall–Kier alpha value is -0.230. The molecule has 0 aliphatic rings. The van der Waals surface area contributed by atoms with E-state index in [1.54, 1.807) is 23.5 Å². The molecule has 1 aromatic heterocycles. The Bertz CT molecular complexity index is 556. The quantitative estimate of drug-likeness (QED) is 0.709. The van der Waals surface area contributed by atoms with Crippen molar-refractivity contribution in [1.82, 2.24) is 5.32 Å². The molecule has 102 valence electrons. The molecular weight excluding hydrogens is 393 g/mol. The first-order valence-corrected chi connectivity index (χ1v) is 8.48. The van der Waals surface area contributed by atoms with Gasteiger partial charge in [-0.25, -0.2) is 4.39 Å². The van der Waals surface area contributed by atoms with E-state index in [2.05, 4.69) is 49.5 Å². The Morgan fingerprint density at radius 1 is 1.26 bits per heavy atom. The van der Waals surface area contributed by atoms with Crippen molar-refractivity contribution in [2.24, 2.45) is 0 Å². The van der Waals surface area contributed by atoms with Crippen LogP contribution in [-0.4, -0.2) is 6.54 Å². The number of thiophene rings is 1. The number of nitrogens with one attached hydrogen (secondary N) is 1. The summed E-state index contributed by atoms with van der Waals surface area (Å²) in [6, 6.07) is 7.06. The van der Waals surface area contributed by atoms with Crippen LogP contribution in [0.3, 0.4) is 0 Å². The van der Waals surface area contributed by atoms with E-state index >= 15 is 0 Å². The first-order valence-electron chi connectivity index (χ1n) is 6.02. The van der Waals surface area contributed by atoms with Crippen LogP contribution in [0.25, 0.3) is 0 Å². The second kappa shape index (κ2) is 6.97. The van der Waals surface area contributed by atoms with Crippen LogP contribution in [0.4, 0.5) is 4.39 Å². The van der Waals surface area contributed by atoms with Gasteiger partial charge in [-0.15, -0.1) is 11.3 Å². The zero-order valence-electron chi connectivity index (χ0n) is 10.4. The van der Waals surface area contributed by atoms with Gasteiger partial charge in [0.05, 0.1) is 0 Å². The molecule has 0 aliphatic heterocycles. The highest BCUT2D eigenvalue weighted by atomic mass is 79.9. The van der Waals surface area contributed by atoms with E-state index in [9.17, 15) is 4.39 Å². The van der Waals surface area contributed by atoms with Gasteiger partial charge in [-0.05, 0) is 64.1 Å². The molecule has 0 fully saturated rings. The van der Waals surface area contributed by atoms with Crippen LogP contribution in [0.2, 0.25) is 0 Å². The molecule has 1 heterocycles. The highest BCUT2D eigenvalue weighted by Gasteiger charge is 2.17. The molecule has 1 atom stereocenters. The highest BCUT2D eigenvalue weighted by Crippen LogP contribution is 2.32. The normalized spacial score (nSPS) is 12.6. The fourth-order valence-corrected chi connectivity index (χ4v) is 4.11. The molecule has 2 rings (SSSR count). The van der Waals surface area contributed by atoms with Crippen molar-refractivity contribution in [1.29, 1.82) is 0 Å². The average Bonchev–Trinajstić information content (AvgIpc) is 2.79. The van der Waals surface area contributed by atoms with Gasteiger partial charge in [0.2, 0.25) is 0 Å². The summed E-state index contributed by atoms with van der Waals surface area (Å²) in [4.78, 5) is 1.25. The van der Waals surface area contributed by atoms with Crippen molar-refractivity contribution in [2.45, 2.75) is 19.4 Å². The second-order valence-corrected chi connectivity index (χ2v) is 6.84. The third kappa shape index (κ3) is 3.88. The molecule has 0 aliphatic carbocycles. The third-order valence-corrected chi connectivity index (χ3v) is 5.60. The van der Waals surface area contributed by atoms with Crippen molar-refractivity contribution in [2.75, 3.05) is 6.54 Å². The van der Waals surface area contributed by atoms with Crippen molar-refractivity contribution in [3.05, 3.63) is 54.8 Å². The van der Waals surface area contributed by atoms with Crippen LogP contribution in [0.5, 0.6) is 0 Å². The van der Waals surface area contributed by atoms with Crippen molar-refractivity contribution in [3.63, 3.8) is 0 Å². The van der Waals surface area contributed by atoms with Crippen molar-refractivity contribution in [3.8, 4) is 0 Å². The Morgan fingerprint density at radius 2 is 2.05 bits per heavy atom. The van der Waals surface area contributed by atoms with Crippen LogP contribution < -0.4 is 5.32 Å². The van der Waals surface area contributed by atoms with Crippen molar-refractivity contribution < 1.29 is 4.39 Å². The van der Waals surface area contributed by atoms with Gasteiger partial charge in [0.1, 0.15) is 5.82 Å². The second-order valence-electron chi connectivity index (χ2n) is 4.18. The summed E-state index contributed by atoms with van der Waals surface area (Å²) in [5, 5.41) is 5.52. The molecule has 2 aromatic rings. The number of benzene rings is 1. The summed E-state index contributed by atoms with van der Waals surface area (Å²) in [5.41, 5.74) is 0.978. The van der Waals surface area contributed by atoms with Crippen LogP contribution in [-0.2, 0) is 6.42 Å². The van der Waals surface area contributed by atoms with E-state index < -0.39 is 0 Å². The average molecular weight is 407 g/mol. The molecule has 1 N–H and O–H groups in total. The molecule has 0 bridgehead atoms. The molecule has 1 aromatic carbocycles. The maximum Gasteiger partial charge on any atom is 0.123 e. The van der Waals surface area contributed by atoms with Gasteiger partial charge < -0.3 is 5.32 Å². The van der Waals surface area contributed by atoms with E-state index in [0.29, 0.717) is 0 Å². The largest absolute Gasteiger partial charge is 0.309 e. The van der Waals surface area contributed by atoms with Gasteiger partial charge in [-0.1, -0.05) is 22.9 Å². The zero-order chi connectivity index (χ0) is 13.8. The first-order chi connectivity index (χ1) is 9.11. The minimum Gasteiger partial charge on any atom is -0.309 e. The monoisotopic (exact) mass is 405 g/mol. The molecule has 19 heavy (non-hydrogen) atoms. The number of likely N-dealkylation sites (N-methyl/N-ethyl adjacent to an activating group) is 1. The Labute approximate surface area is 133 Å². The van der Waals surface area contributed by atoms with E-state index in [-0.39, 0.29) is 11.9 Å². The number of hydrogen-bond donors (Lipinski definition) is 1. The lowest BCUT2D eigenvalue weighted by Crippen LogP contribution is -2.22. The number of rotatable bonds is 5. The summed E-state index contributed by atoms with van der Waals surface area (Å²) in [6.07, 6.45) is 0.755. The lowest BCUT2D eigenvalue weighted by atomic mass is 10.0. The fourth-order valence-electron chi connectivity index (χ4n) is 1.98. The van der Waals surface area contributed by atoms with Crippen molar-refractivity contribution >= 4 is 43.2 Å². The lowest BCUT2D eigenvalue weighted by molar-refractivity contribution is 0.552. The van der Waals surface area contributed by atoms with E-state index in [1.807, 2.05) is 6.07 Å². The Balaban J connectivity index is 2.26. The predicted octanol–water partition coefficient (Wildman–Crippen LogP) is 5.31. The topological polar surface area (TPSA) is 12.0 Å². The predicted molar refractivity (Wildman–Crippen MR) is 86.2 cm³/mol. The lowest BCUT2D eigenvalue weighted by Gasteiger charge is -2.18. The van der Waals surface area contributed by atoms with Crippen LogP contribution in [0.1, 0.15) is 23.4 Å². The highest BCUT2D eigenvalue weighted by molar-refractivity contribution is 9.10. The third-order valence-electron chi connectivity index (χ3n) is 2.84. The molecule has 1 unspecified atom stereocenters. The molecular formula is C14H14Br2FNS. The fraction of sp³-hybridized carbons (Fsp3) is 0.286. The molecule has 0 saturated carbocycles. The maximum absolute atomic E-state index is 13.4. The summed E-state index contributed by atoms with van der Waals surface area (Å²) in [5.74, 6) is -0.196. The molecule has 5 heteroatoms. The van der Waals surface area contributed by atoms with Gasteiger partial charge in [0, 0.05) is 19.9 Å². The van der Waals surface area contributed by atoms with Crippen LogP contribution in [0.15, 0.2) is 38.6 Å². The summed E-state index contributed by atoms with van der Waals surface area (Å²) < 4.78 is 15.4. The molecule has 0 amide bonds. The van der Waals surface area contributed by atoms with Gasteiger partial charge in [-0.2, -0.15) is 0 Å². The summed E-state index contributed by atoms with van der Waals surface area (Å²) in [6.45, 7) is 2.96. The van der Waals surface area contributed by atoms with E-state index in [1.165, 1.54) is 10.9 Å². The number of hydrogen-bond acceptors (Lipinski definition) is 2. The van der Waals surface area contributed by atoms with E-state index in [4.69, 9.17) is 0 Å². The smallest absolute Gasteiger partial charge is 0.123 e. The summed E-state index contributed by atoms with van der Waals surface area (Å²) in [7, 11) is 0. The summed E-state index contributed by atoms with van der Waals surface area (Å²) >= 11 is 8.77. The molecule has 0 saturated heterocycles. The van der Waals surface area contributed by atoms with Gasteiger partial charge >= 0.3 is 0 Å². The molecule has 1 nitrogen and oxygen atoms in total. The standard InChI is InChI=1S/C14H14Br2FNS/c1-2-18-13(14-12(16)5-6-19-14)8-9-7-10(17)3-4-11(9)15/h3-7,13,18H,2,8H2,1H3. The van der Waals surface area contributed by atoms with Gasteiger partial charge in [-0.3, -0.25) is 0 Å². The maximum atomic E-state index is 13.4. The van der Waals surface area contributed by atoms with Crippen LogP contribution >= 0.6 is 43.2 Å². The SMILES string of the molecule is CCNC(Cc1cc(F)ccc1Br)c1sccc1Br. The van der Waals surface area contributed by atoms with E-state index in [0.717, 1.165) is 27.5 Å². The zero-order valence-corrected chi connectivity index (χ0v) is 14.4. The Kier molecular flexibility index (Phi) is 5.57. The molecule has 0 radical (unpaired) electrons. The van der Waals surface area contributed by atoms with Gasteiger partial charge in [0.25, 0.3) is 0 Å². The minimum atomic E-state index is -0.196. The molecule has 0 spiro atoms. The minimum absolute atomic E-state index is 0.192. The van der Waals surface area contributed by atoms with Gasteiger partial charge in [0.15, 0.2) is 0 Å². The first kappa shape index (κ1) is 15.2.